The second-order valence-electron chi connectivity index (χ2n) is 4.36. The van der Waals surface area contributed by atoms with Crippen LogP contribution in [0, 0.1) is 0 Å². The third-order valence-electron chi connectivity index (χ3n) is 2.93. The van der Waals surface area contributed by atoms with E-state index in [1.54, 1.807) is 12.1 Å². The predicted octanol–water partition coefficient (Wildman–Crippen LogP) is 4.72. The molecule has 2 aromatic rings. The normalized spacial score (nSPS) is 11.2. The van der Waals surface area contributed by atoms with Crippen LogP contribution >= 0.6 is 23.2 Å². The lowest BCUT2D eigenvalue weighted by Gasteiger charge is -2.11. The Hall–Kier alpha value is -1.31. The summed E-state index contributed by atoms with van der Waals surface area (Å²) in [5, 5.41) is 1.25. The van der Waals surface area contributed by atoms with Crippen molar-refractivity contribution in [3.8, 4) is 0 Å². The molecule has 0 aliphatic rings. The number of ketones is 1. The number of benzene rings is 2. The van der Waals surface area contributed by atoms with Crippen LogP contribution in [0.4, 0.5) is 0 Å². The minimum absolute atomic E-state index is 0.0947. The maximum atomic E-state index is 11.5. The molecule has 0 atom stereocenters. The van der Waals surface area contributed by atoms with Gasteiger partial charge in [0, 0.05) is 24.3 Å². The summed E-state index contributed by atoms with van der Waals surface area (Å²) >= 11 is 12.4. The van der Waals surface area contributed by atoms with Gasteiger partial charge in [-0.2, -0.15) is 0 Å². The van der Waals surface area contributed by atoms with Crippen molar-refractivity contribution in [1.82, 2.24) is 0 Å². The van der Waals surface area contributed by atoms with Crippen LogP contribution in [0.3, 0.4) is 0 Å². The maximum Gasteiger partial charge on any atom is 0.134 e. The van der Waals surface area contributed by atoms with Crippen molar-refractivity contribution in [1.29, 1.82) is 0 Å². The van der Waals surface area contributed by atoms with Gasteiger partial charge in [0.2, 0.25) is 0 Å². The fourth-order valence-corrected chi connectivity index (χ4v) is 2.54. The van der Waals surface area contributed by atoms with Crippen molar-refractivity contribution in [2.24, 2.45) is 0 Å². The lowest BCUT2D eigenvalue weighted by molar-refractivity contribution is -0.116. The molecule has 0 aliphatic heterocycles. The first-order valence-electron chi connectivity index (χ1n) is 6.63. The van der Waals surface area contributed by atoms with Gasteiger partial charge in [0.05, 0.1) is 0 Å². The number of Topliss-reactive ketones (excluding diaryl/α,β-unsaturated/α-hetero) is 1. The number of hydrogen-bond donors (Lipinski definition) is 0. The first kappa shape index (κ1) is 12.7. The van der Waals surface area contributed by atoms with Crippen LogP contribution in [0.25, 0.3) is 0 Å². The monoisotopic (exact) mass is 294 g/mol. The molecule has 19 heavy (non-hydrogen) atoms. The molecule has 0 spiro atoms. The molecule has 0 unspecified atom stereocenters. The van der Waals surface area contributed by atoms with Crippen LogP contribution in [0.5, 0.6) is 0 Å². The van der Waals surface area contributed by atoms with E-state index in [0.717, 1.165) is 16.7 Å². The molecule has 0 aliphatic carbocycles. The summed E-state index contributed by atoms with van der Waals surface area (Å²) < 4.78 is 7.13. The molecule has 2 aromatic carbocycles. The molecule has 3 heteroatoms. The molecule has 0 amide bonds. The summed E-state index contributed by atoms with van der Waals surface area (Å²) in [7, 11) is 0. The standard InChI is InChI=1S/C16H14Cl2O/c1-11(19)9-12-5-2-3-6-13(12)10-14-15(17)7-4-8-16(14)18/h2-8H,9-10H2,1H3/i1T. The van der Waals surface area contributed by atoms with E-state index >= 15 is 0 Å². The summed E-state index contributed by atoms with van der Waals surface area (Å²) in [5.74, 6) is -0.0947. The van der Waals surface area contributed by atoms with E-state index in [0.29, 0.717) is 16.5 Å². The van der Waals surface area contributed by atoms with Gasteiger partial charge in [-0.15, -0.1) is 0 Å². The van der Waals surface area contributed by atoms with Crippen LogP contribution < -0.4 is 0 Å². The van der Waals surface area contributed by atoms with Crippen LogP contribution in [0.15, 0.2) is 42.5 Å². The van der Waals surface area contributed by atoms with Gasteiger partial charge in [-0.05, 0) is 35.7 Å². The molecule has 0 radical (unpaired) electrons. The Balaban J connectivity index is 2.32. The SMILES string of the molecule is [3H]CC(=O)Cc1ccccc1Cc1c(Cl)cccc1Cl. The van der Waals surface area contributed by atoms with Crippen molar-refractivity contribution in [2.45, 2.75) is 19.7 Å². The van der Waals surface area contributed by atoms with E-state index in [2.05, 4.69) is 0 Å². The molecule has 98 valence electrons. The number of rotatable bonds is 4. The van der Waals surface area contributed by atoms with Crippen molar-refractivity contribution in [2.75, 3.05) is 0 Å². The number of halogens is 2. The second kappa shape index (κ2) is 6.23. The van der Waals surface area contributed by atoms with Gasteiger partial charge in [0.15, 0.2) is 0 Å². The molecule has 0 saturated heterocycles. The molecule has 0 fully saturated rings. The summed E-state index contributed by atoms with van der Waals surface area (Å²) in [4.78, 5) is 11.5. The van der Waals surface area contributed by atoms with Crippen LogP contribution in [-0.4, -0.2) is 5.78 Å². The van der Waals surface area contributed by atoms with Gasteiger partial charge >= 0.3 is 0 Å². The Labute approximate surface area is 124 Å². The van der Waals surface area contributed by atoms with Gasteiger partial charge in [-0.1, -0.05) is 53.5 Å². The molecule has 0 bridgehead atoms. The van der Waals surface area contributed by atoms with Gasteiger partial charge in [-0.3, -0.25) is 4.79 Å². The smallest absolute Gasteiger partial charge is 0.134 e. The van der Waals surface area contributed by atoms with E-state index in [1.807, 2.05) is 30.3 Å². The predicted molar refractivity (Wildman–Crippen MR) is 80.1 cm³/mol. The zero-order valence-corrected chi connectivity index (χ0v) is 11.8. The van der Waals surface area contributed by atoms with Gasteiger partial charge in [0.25, 0.3) is 0 Å². The first-order valence-corrected chi connectivity index (χ1v) is 6.68. The van der Waals surface area contributed by atoms with Crippen LogP contribution in [-0.2, 0) is 17.6 Å². The molecule has 1 nitrogen and oxygen atoms in total. The highest BCUT2D eigenvalue weighted by atomic mass is 35.5. The number of carbonyl (C=O) groups is 1. The summed E-state index contributed by atoms with van der Waals surface area (Å²) in [6, 6.07) is 13.1. The van der Waals surface area contributed by atoms with Gasteiger partial charge in [-0.25, -0.2) is 0 Å². The highest BCUT2D eigenvalue weighted by molar-refractivity contribution is 6.36. The fourth-order valence-electron chi connectivity index (χ4n) is 2.01. The van der Waals surface area contributed by atoms with Crippen molar-refractivity contribution < 1.29 is 6.17 Å². The van der Waals surface area contributed by atoms with E-state index in [-0.39, 0.29) is 19.1 Å². The summed E-state index contributed by atoms with van der Waals surface area (Å²) in [5.41, 5.74) is 2.81. The topological polar surface area (TPSA) is 17.1 Å². The van der Waals surface area contributed by atoms with Crippen molar-refractivity contribution in [3.05, 3.63) is 69.2 Å². The van der Waals surface area contributed by atoms with Crippen LogP contribution in [0.2, 0.25) is 10.0 Å². The maximum absolute atomic E-state index is 11.5. The molecule has 0 heterocycles. The Morgan fingerprint density at radius 1 is 1.05 bits per heavy atom. The van der Waals surface area contributed by atoms with Crippen molar-refractivity contribution >= 4 is 29.0 Å². The third kappa shape index (κ3) is 3.59. The lowest BCUT2D eigenvalue weighted by atomic mass is 9.97. The zero-order chi connectivity index (χ0) is 14.5. The second-order valence-corrected chi connectivity index (χ2v) is 5.18. The molecule has 0 aromatic heterocycles. The highest BCUT2D eigenvalue weighted by Gasteiger charge is 2.10. The lowest BCUT2D eigenvalue weighted by Crippen LogP contribution is -2.02. The Bertz CT molecular complexity index is 605. The average Bonchev–Trinajstić information content (AvgIpc) is 2.44. The van der Waals surface area contributed by atoms with E-state index in [9.17, 15) is 4.79 Å². The first-order chi connectivity index (χ1) is 9.61. The van der Waals surface area contributed by atoms with Gasteiger partial charge in [0.1, 0.15) is 5.78 Å². The Kier molecular flexibility index (Phi) is 4.16. The minimum atomic E-state index is -0.193. The van der Waals surface area contributed by atoms with Crippen LogP contribution in [0.1, 0.15) is 25.0 Å². The Morgan fingerprint density at radius 3 is 2.32 bits per heavy atom. The molecule has 2 rings (SSSR count). The van der Waals surface area contributed by atoms with E-state index in [4.69, 9.17) is 24.6 Å². The third-order valence-corrected chi connectivity index (χ3v) is 3.64. The molecular formula is C16H14Cl2O. The fraction of sp³-hybridized carbons (Fsp3) is 0.188. The minimum Gasteiger partial charge on any atom is -0.300 e. The molecule has 0 N–H and O–H groups in total. The van der Waals surface area contributed by atoms with E-state index in [1.165, 1.54) is 0 Å². The van der Waals surface area contributed by atoms with Crippen molar-refractivity contribution in [3.63, 3.8) is 0 Å². The quantitative estimate of drug-likeness (QED) is 0.798. The molecular weight excluding hydrogens is 279 g/mol. The Morgan fingerprint density at radius 2 is 1.68 bits per heavy atom. The summed E-state index contributed by atoms with van der Waals surface area (Å²) in [6.45, 7) is -0.193. The largest absolute Gasteiger partial charge is 0.300 e. The number of hydrogen-bond acceptors (Lipinski definition) is 1. The summed E-state index contributed by atoms with van der Waals surface area (Å²) in [6.07, 6.45) is 0.863. The van der Waals surface area contributed by atoms with E-state index < -0.39 is 0 Å². The number of carbonyl (C=O) groups excluding carboxylic acids is 1. The molecule has 0 saturated carbocycles. The highest BCUT2D eigenvalue weighted by Crippen LogP contribution is 2.28. The van der Waals surface area contributed by atoms with Gasteiger partial charge < -0.3 is 0 Å². The zero-order valence-electron chi connectivity index (χ0n) is 11.3. The average molecular weight is 295 g/mol.